The zero-order valence-corrected chi connectivity index (χ0v) is 11.9. The van der Waals surface area contributed by atoms with Crippen LogP contribution in [0.5, 0.6) is 0 Å². The van der Waals surface area contributed by atoms with E-state index in [1.54, 1.807) is 6.07 Å². The second-order valence-corrected chi connectivity index (χ2v) is 6.51. The van der Waals surface area contributed by atoms with Gasteiger partial charge in [0.05, 0.1) is 5.56 Å². The third-order valence-corrected chi connectivity index (χ3v) is 5.24. The van der Waals surface area contributed by atoms with E-state index in [0.29, 0.717) is 11.5 Å². The van der Waals surface area contributed by atoms with Gasteiger partial charge in [0.2, 0.25) is 0 Å². The first-order valence-electron chi connectivity index (χ1n) is 7.60. The van der Waals surface area contributed by atoms with Crippen molar-refractivity contribution < 1.29 is 13.2 Å². The summed E-state index contributed by atoms with van der Waals surface area (Å²) in [6.07, 6.45) is 1.63. The van der Waals surface area contributed by atoms with Crippen molar-refractivity contribution in [3.8, 4) is 0 Å². The molecule has 3 N–H and O–H groups in total. The molecule has 2 fully saturated rings. The number of hydrazine groups is 1. The highest BCUT2D eigenvalue weighted by Crippen LogP contribution is 2.51. The zero-order valence-electron chi connectivity index (χ0n) is 11.9. The maximum atomic E-state index is 12.8. The molecule has 4 atom stereocenters. The first-order chi connectivity index (χ1) is 9.97. The molecule has 3 rings (SSSR count). The number of nitrogens with one attached hydrogen (secondary N) is 1. The minimum absolute atomic E-state index is 0.198. The molecule has 21 heavy (non-hydrogen) atoms. The smallest absolute Gasteiger partial charge is 0.271 e. The molecule has 2 nitrogen and oxygen atoms in total. The van der Waals surface area contributed by atoms with Gasteiger partial charge in [-0.05, 0) is 61.1 Å². The molecular weight excluding hydrogens is 277 g/mol. The minimum Gasteiger partial charge on any atom is -0.271 e. The molecule has 0 aliphatic heterocycles. The summed E-state index contributed by atoms with van der Waals surface area (Å²) in [7, 11) is 0. The van der Waals surface area contributed by atoms with Crippen molar-refractivity contribution in [3.05, 3.63) is 35.4 Å². The van der Waals surface area contributed by atoms with Crippen LogP contribution in [0.1, 0.15) is 49.3 Å². The van der Waals surface area contributed by atoms with E-state index < -0.39 is 11.7 Å². The van der Waals surface area contributed by atoms with Gasteiger partial charge in [-0.3, -0.25) is 11.3 Å². The lowest BCUT2D eigenvalue weighted by Gasteiger charge is -2.27. The fraction of sp³-hybridized carbons (Fsp3) is 0.625. The predicted molar refractivity (Wildman–Crippen MR) is 75.1 cm³/mol. The highest BCUT2D eigenvalue weighted by atomic mass is 19.4. The summed E-state index contributed by atoms with van der Waals surface area (Å²) in [6.45, 7) is 0. The molecule has 2 saturated carbocycles. The molecule has 2 bridgehead atoms. The third kappa shape index (κ3) is 3.09. The van der Waals surface area contributed by atoms with Crippen molar-refractivity contribution in [2.45, 2.75) is 44.3 Å². The summed E-state index contributed by atoms with van der Waals surface area (Å²) >= 11 is 0. The van der Waals surface area contributed by atoms with Crippen LogP contribution in [0.3, 0.4) is 0 Å². The second kappa shape index (κ2) is 5.61. The number of alkyl halides is 3. The Morgan fingerprint density at radius 1 is 1.24 bits per heavy atom. The van der Waals surface area contributed by atoms with Crippen LogP contribution in [-0.4, -0.2) is 0 Å². The van der Waals surface area contributed by atoms with Crippen molar-refractivity contribution in [1.29, 1.82) is 0 Å². The van der Waals surface area contributed by atoms with Gasteiger partial charge in [0.15, 0.2) is 0 Å². The standard InChI is InChI=1S/C16H21F3N2/c17-16(18,19)14-3-1-2-12(8-14)15(21-20)9-13-7-10-4-5-11(13)6-10/h1-3,8,10-11,13,15,21H,4-7,9,20H2. The molecule has 2 aliphatic rings. The SMILES string of the molecule is NNC(CC1CC2CCC1C2)c1cccc(C(F)(F)F)c1. The lowest BCUT2D eigenvalue weighted by Crippen LogP contribution is -2.31. The summed E-state index contributed by atoms with van der Waals surface area (Å²) in [6, 6.07) is 5.32. The van der Waals surface area contributed by atoms with Crippen molar-refractivity contribution >= 4 is 0 Å². The van der Waals surface area contributed by atoms with E-state index in [2.05, 4.69) is 5.43 Å². The van der Waals surface area contributed by atoms with Gasteiger partial charge in [-0.2, -0.15) is 13.2 Å². The molecular formula is C16H21F3N2. The van der Waals surface area contributed by atoms with Crippen LogP contribution in [0.4, 0.5) is 13.2 Å². The van der Waals surface area contributed by atoms with E-state index in [1.807, 2.05) is 0 Å². The molecule has 2 aliphatic carbocycles. The molecule has 0 radical (unpaired) electrons. The Morgan fingerprint density at radius 3 is 2.62 bits per heavy atom. The van der Waals surface area contributed by atoms with Crippen LogP contribution in [0.15, 0.2) is 24.3 Å². The second-order valence-electron chi connectivity index (χ2n) is 6.51. The lowest BCUT2D eigenvalue weighted by atomic mass is 9.83. The highest BCUT2D eigenvalue weighted by molar-refractivity contribution is 5.28. The van der Waals surface area contributed by atoms with Crippen molar-refractivity contribution in [3.63, 3.8) is 0 Å². The lowest BCUT2D eigenvalue weighted by molar-refractivity contribution is -0.137. The van der Waals surface area contributed by atoms with Gasteiger partial charge in [0, 0.05) is 6.04 Å². The molecule has 5 heteroatoms. The normalized spacial score (nSPS) is 29.8. The van der Waals surface area contributed by atoms with E-state index in [-0.39, 0.29) is 6.04 Å². The first kappa shape index (κ1) is 14.9. The first-order valence-corrected chi connectivity index (χ1v) is 7.60. The van der Waals surface area contributed by atoms with Crippen LogP contribution in [0.2, 0.25) is 0 Å². The Balaban J connectivity index is 1.74. The minimum atomic E-state index is -4.30. The quantitative estimate of drug-likeness (QED) is 0.650. The van der Waals surface area contributed by atoms with E-state index >= 15 is 0 Å². The predicted octanol–water partition coefficient (Wildman–Crippen LogP) is 4.04. The van der Waals surface area contributed by atoms with Crippen LogP contribution < -0.4 is 11.3 Å². The number of halogens is 3. The Kier molecular flexibility index (Phi) is 3.97. The summed E-state index contributed by atoms with van der Waals surface area (Å²) < 4.78 is 38.4. The molecule has 0 amide bonds. The number of hydrogen-bond acceptors (Lipinski definition) is 2. The Hall–Kier alpha value is -1.07. The van der Waals surface area contributed by atoms with Crippen LogP contribution in [0.25, 0.3) is 0 Å². The summed E-state index contributed by atoms with van der Waals surface area (Å²) in [4.78, 5) is 0. The maximum absolute atomic E-state index is 12.8. The topological polar surface area (TPSA) is 38.0 Å². The van der Waals surface area contributed by atoms with E-state index in [0.717, 1.165) is 24.3 Å². The summed E-state index contributed by atoms with van der Waals surface area (Å²) in [5, 5.41) is 0. The fourth-order valence-corrected chi connectivity index (χ4v) is 4.20. The van der Waals surface area contributed by atoms with Crippen LogP contribution in [-0.2, 0) is 6.18 Å². The Morgan fingerprint density at radius 2 is 2.05 bits per heavy atom. The number of nitrogens with two attached hydrogens (primary N) is 1. The summed E-state index contributed by atoms with van der Waals surface area (Å²) in [5.41, 5.74) is 2.75. The van der Waals surface area contributed by atoms with E-state index in [9.17, 15) is 13.2 Å². The number of rotatable bonds is 4. The molecule has 1 aromatic carbocycles. The molecule has 0 saturated heterocycles. The van der Waals surface area contributed by atoms with Gasteiger partial charge in [0.1, 0.15) is 0 Å². The average Bonchev–Trinajstić information content (AvgIpc) is 3.06. The molecule has 0 heterocycles. The number of fused-ring (bicyclic) bond motifs is 2. The number of benzene rings is 1. The van der Waals surface area contributed by atoms with Gasteiger partial charge >= 0.3 is 6.18 Å². The van der Waals surface area contributed by atoms with E-state index in [4.69, 9.17) is 5.84 Å². The van der Waals surface area contributed by atoms with Crippen molar-refractivity contribution in [1.82, 2.24) is 5.43 Å². The van der Waals surface area contributed by atoms with Crippen molar-refractivity contribution in [2.75, 3.05) is 0 Å². The van der Waals surface area contributed by atoms with Gasteiger partial charge in [-0.25, -0.2) is 0 Å². The molecule has 0 aromatic heterocycles. The largest absolute Gasteiger partial charge is 0.416 e. The zero-order chi connectivity index (χ0) is 15.0. The third-order valence-electron chi connectivity index (χ3n) is 5.24. The van der Waals surface area contributed by atoms with Gasteiger partial charge in [-0.1, -0.05) is 18.6 Å². The highest BCUT2D eigenvalue weighted by Gasteiger charge is 2.40. The van der Waals surface area contributed by atoms with Crippen LogP contribution >= 0.6 is 0 Å². The monoisotopic (exact) mass is 298 g/mol. The van der Waals surface area contributed by atoms with Crippen LogP contribution in [0, 0.1) is 17.8 Å². The molecule has 1 aromatic rings. The average molecular weight is 298 g/mol. The Bertz CT molecular complexity index is 501. The van der Waals surface area contributed by atoms with Gasteiger partial charge in [-0.15, -0.1) is 0 Å². The van der Waals surface area contributed by atoms with Crippen molar-refractivity contribution in [2.24, 2.45) is 23.6 Å². The van der Waals surface area contributed by atoms with E-state index in [1.165, 1.54) is 37.8 Å². The molecule has 4 unspecified atom stereocenters. The van der Waals surface area contributed by atoms with Gasteiger partial charge in [0.25, 0.3) is 0 Å². The number of hydrogen-bond donors (Lipinski definition) is 2. The molecule has 0 spiro atoms. The molecule has 116 valence electrons. The summed E-state index contributed by atoms with van der Waals surface area (Å²) in [5.74, 6) is 7.79. The Labute approximate surface area is 122 Å². The fourth-order valence-electron chi connectivity index (χ4n) is 4.20. The maximum Gasteiger partial charge on any atom is 0.416 e. The van der Waals surface area contributed by atoms with Gasteiger partial charge < -0.3 is 0 Å².